The maximum absolute atomic E-state index is 12.7. The van der Waals surface area contributed by atoms with Crippen molar-refractivity contribution in [3.05, 3.63) is 55.9 Å². The van der Waals surface area contributed by atoms with Crippen LogP contribution in [-0.4, -0.2) is 44.7 Å². The Labute approximate surface area is 178 Å². The van der Waals surface area contributed by atoms with Crippen molar-refractivity contribution in [2.45, 2.75) is 34.2 Å². The van der Waals surface area contributed by atoms with Gasteiger partial charge in [0, 0.05) is 24.2 Å². The number of likely N-dealkylation sites (N-methyl/N-ethyl adjacent to an activating group) is 1. The summed E-state index contributed by atoms with van der Waals surface area (Å²) in [5.41, 5.74) is 9.95. The molecule has 0 fully saturated rings. The van der Waals surface area contributed by atoms with Crippen molar-refractivity contribution in [1.82, 2.24) is 9.47 Å². The van der Waals surface area contributed by atoms with Gasteiger partial charge in [-0.3, -0.25) is 33.4 Å². The highest BCUT2D eigenvalue weighted by Gasteiger charge is 2.36. The molecule has 0 aliphatic carbocycles. The minimum atomic E-state index is -0.946. The minimum absolute atomic E-state index is 0.0477. The SMILES string of the molecule is CCN1C(=O)C(C(N)=O)=C(C)/C(=C\C=C\c2c(C)c(C(N)=O)c(=O)n(CC)c2O)C1=O. The number of carbonyl (C=O) groups excluding carboxylic acids is 4. The van der Waals surface area contributed by atoms with Gasteiger partial charge < -0.3 is 16.6 Å². The Morgan fingerprint density at radius 2 is 1.61 bits per heavy atom. The molecule has 1 aliphatic rings. The molecule has 1 aliphatic heterocycles. The smallest absolute Gasteiger partial charge is 0.266 e. The Morgan fingerprint density at radius 1 is 1.00 bits per heavy atom. The van der Waals surface area contributed by atoms with Crippen molar-refractivity contribution >= 4 is 29.7 Å². The summed E-state index contributed by atoms with van der Waals surface area (Å²) in [7, 11) is 0. The van der Waals surface area contributed by atoms with E-state index in [0.717, 1.165) is 9.47 Å². The van der Waals surface area contributed by atoms with Gasteiger partial charge in [0.05, 0.1) is 0 Å². The molecule has 0 spiro atoms. The van der Waals surface area contributed by atoms with Gasteiger partial charge in [-0.15, -0.1) is 0 Å². The topological polar surface area (TPSA) is 166 Å². The third-order valence-corrected chi connectivity index (χ3v) is 5.10. The molecule has 0 saturated heterocycles. The summed E-state index contributed by atoms with van der Waals surface area (Å²) >= 11 is 0. The number of hydrogen-bond donors (Lipinski definition) is 3. The van der Waals surface area contributed by atoms with Crippen molar-refractivity contribution in [3.63, 3.8) is 0 Å². The van der Waals surface area contributed by atoms with Crippen LogP contribution < -0.4 is 17.0 Å². The van der Waals surface area contributed by atoms with E-state index in [1.807, 2.05) is 0 Å². The van der Waals surface area contributed by atoms with E-state index in [1.54, 1.807) is 13.8 Å². The van der Waals surface area contributed by atoms with Crippen LogP contribution in [0.25, 0.3) is 6.08 Å². The fraction of sp³-hybridized carbons (Fsp3) is 0.286. The first kappa shape index (κ1) is 23.3. The molecule has 10 heteroatoms. The van der Waals surface area contributed by atoms with E-state index in [9.17, 15) is 29.1 Å². The van der Waals surface area contributed by atoms with Gasteiger partial charge in [-0.25, -0.2) is 0 Å². The number of nitrogens with two attached hydrogens (primary N) is 2. The van der Waals surface area contributed by atoms with Crippen LogP contribution in [-0.2, 0) is 20.9 Å². The van der Waals surface area contributed by atoms with Crippen molar-refractivity contribution in [2.24, 2.45) is 11.5 Å². The molecule has 5 N–H and O–H groups in total. The molecule has 2 heterocycles. The maximum Gasteiger partial charge on any atom is 0.266 e. The molecule has 0 aromatic carbocycles. The summed E-state index contributed by atoms with van der Waals surface area (Å²) < 4.78 is 1.000. The third-order valence-electron chi connectivity index (χ3n) is 5.10. The highest BCUT2D eigenvalue weighted by atomic mass is 16.3. The molecule has 10 nitrogen and oxygen atoms in total. The van der Waals surface area contributed by atoms with Gasteiger partial charge in [-0.1, -0.05) is 6.08 Å². The summed E-state index contributed by atoms with van der Waals surface area (Å²) in [5.74, 6) is -3.60. The Hall–Kier alpha value is -3.95. The lowest BCUT2D eigenvalue weighted by Crippen LogP contribution is -2.45. The lowest BCUT2D eigenvalue weighted by atomic mass is 9.93. The van der Waals surface area contributed by atoms with Crippen LogP contribution in [0.2, 0.25) is 0 Å². The number of hydrogen-bond acceptors (Lipinski definition) is 6. The Kier molecular flexibility index (Phi) is 6.64. The van der Waals surface area contributed by atoms with Crippen molar-refractivity contribution in [1.29, 1.82) is 0 Å². The van der Waals surface area contributed by atoms with Gasteiger partial charge in [0.1, 0.15) is 11.1 Å². The Morgan fingerprint density at radius 3 is 2.10 bits per heavy atom. The number of pyridine rings is 1. The van der Waals surface area contributed by atoms with Crippen LogP contribution in [0.15, 0.2) is 33.7 Å². The first-order valence-electron chi connectivity index (χ1n) is 9.51. The number of aromatic nitrogens is 1. The molecule has 0 atom stereocenters. The Bertz CT molecular complexity index is 1150. The van der Waals surface area contributed by atoms with Crippen LogP contribution in [0.1, 0.15) is 42.3 Å². The van der Waals surface area contributed by atoms with Crippen molar-refractivity contribution in [2.75, 3.05) is 6.54 Å². The van der Waals surface area contributed by atoms with E-state index in [4.69, 9.17) is 11.5 Å². The summed E-state index contributed by atoms with van der Waals surface area (Å²) in [4.78, 5) is 61.8. The van der Waals surface area contributed by atoms with Crippen LogP contribution >= 0.6 is 0 Å². The van der Waals surface area contributed by atoms with E-state index in [1.165, 1.54) is 32.1 Å². The number of primary amides is 2. The lowest BCUT2D eigenvalue weighted by Gasteiger charge is -2.27. The molecule has 1 aromatic heterocycles. The Balaban J connectivity index is 2.68. The van der Waals surface area contributed by atoms with Gasteiger partial charge in [0.2, 0.25) is 5.88 Å². The number of carbonyl (C=O) groups is 4. The quantitative estimate of drug-likeness (QED) is 0.330. The monoisotopic (exact) mass is 428 g/mol. The second kappa shape index (κ2) is 8.82. The second-order valence-corrected chi connectivity index (χ2v) is 6.81. The van der Waals surface area contributed by atoms with E-state index in [0.29, 0.717) is 0 Å². The maximum atomic E-state index is 12.7. The van der Waals surface area contributed by atoms with Gasteiger partial charge >= 0.3 is 0 Å². The first-order chi connectivity index (χ1) is 14.5. The summed E-state index contributed by atoms with van der Waals surface area (Å²) in [6.45, 7) is 6.26. The zero-order valence-corrected chi connectivity index (χ0v) is 17.7. The molecule has 31 heavy (non-hydrogen) atoms. The average molecular weight is 428 g/mol. The van der Waals surface area contributed by atoms with Gasteiger partial charge in [-0.05, 0) is 51.0 Å². The number of aromatic hydroxyl groups is 1. The van der Waals surface area contributed by atoms with Crippen LogP contribution in [0.3, 0.4) is 0 Å². The molecular formula is C21H24N4O6. The summed E-state index contributed by atoms with van der Waals surface area (Å²) in [6.07, 6.45) is 4.16. The highest BCUT2D eigenvalue weighted by molar-refractivity contribution is 6.27. The highest BCUT2D eigenvalue weighted by Crippen LogP contribution is 2.27. The summed E-state index contributed by atoms with van der Waals surface area (Å²) in [5, 5.41) is 10.5. The molecule has 0 bridgehead atoms. The first-order valence-corrected chi connectivity index (χ1v) is 9.51. The zero-order chi connectivity index (χ0) is 23.6. The van der Waals surface area contributed by atoms with Gasteiger partial charge in [-0.2, -0.15) is 0 Å². The van der Waals surface area contributed by atoms with Crippen LogP contribution in [0, 0.1) is 6.92 Å². The van der Waals surface area contributed by atoms with Crippen molar-refractivity contribution in [3.8, 4) is 5.88 Å². The normalized spacial score (nSPS) is 16.0. The molecular weight excluding hydrogens is 404 g/mol. The van der Waals surface area contributed by atoms with Crippen molar-refractivity contribution < 1.29 is 24.3 Å². The van der Waals surface area contributed by atoms with Crippen LogP contribution in [0.4, 0.5) is 0 Å². The predicted octanol–water partition coefficient (Wildman–Crippen LogP) is 0.111. The second-order valence-electron chi connectivity index (χ2n) is 6.81. The van der Waals surface area contributed by atoms with Gasteiger partial charge in [0.25, 0.3) is 29.2 Å². The molecule has 0 unspecified atom stereocenters. The third kappa shape index (κ3) is 3.91. The lowest BCUT2D eigenvalue weighted by molar-refractivity contribution is -0.141. The fourth-order valence-corrected chi connectivity index (χ4v) is 3.46. The fourth-order valence-electron chi connectivity index (χ4n) is 3.46. The molecule has 0 saturated carbocycles. The number of nitrogens with zero attached hydrogens (tertiary/aromatic N) is 2. The average Bonchev–Trinajstić information content (AvgIpc) is 2.66. The molecule has 0 radical (unpaired) electrons. The number of amides is 4. The van der Waals surface area contributed by atoms with E-state index in [-0.39, 0.29) is 52.4 Å². The number of rotatable bonds is 6. The summed E-state index contributed by atoms with van der Waals surface area (Å²) in [6, 6.07) is 0. The van der Waals surface area contributed by atoms with E-state index < -0.39 is 29.2 Å². The molecule has 4 amide bonds. The number of allylic oxidation sites excluding steroid dienone is 2. The van der Waals surface area contributed by atoms with E-state index in [2.05, 4.69) is 0 Å². The van der Waals surface area contributed by atoms with Crippen LogP contribution in [0.5, 0.6) is 5.88 Å². The predicted molar refractivity (Wildman–Crippen MR) is 113 cm³/mol. The van der Waals surface area contributed by atoms with E-state index >= 15 is 0 Å². The molecule has 2 rings (SSSR count). The standard InChI is InChI=1S/C21H24N4O6/c1-5-24-18(28)12(10(3)14(16(22)26)20(24)30)8-7-9-13-11(4)15(17(23)27)21(31)25(6-2)19(13)29/h7-9,28H,5-6H2,1-4H3,(H2,22,26)(H2,23,27)/b8-7+,13-9+. The molecule has 1 aromatic rings. The zero-order valence-electron chi connectivity index (χ0n) is 17.7. The molecule has 164 valence electrons. The largest absolute Gasteiger partial charge is 0.494 e. The minimum Gasteiger partial charge on any atom is -0.494 e. The number of imide groups is 1. The van der Waals surface area contributed by atoms with Gasteiger partial charge in [0.15, 0.2) is 0 Å².